The Kier molecular flexibility index (Phi) is 5.74. The van der Waals surface area contributed by atoms with E-state index in [4.69, 9.17) is 19.4 Å². The van der Waals surface area contributed by atoms with Crippen molar-refractivity contribution in [3.05, 3.63) is 146 Å². The Morgan fingerprint density at radius 2 is 1.11 bits per heavy atom. The topological polar surface area (TPSA) is 64.7 Å². The van der Waals surface area contributed by atoms with Gasteiger partial charge >= 0.3 is 0 Å². The van der Waals surface area contributed by atoms with Gasteiger partial charge in [-0.25, -0.2) is 15.0 Å². The van der Waals surface area contributed by atoms with Gasteiger partial charge < -0.3 is 4.42 Å². The fourth-order valence-corrected chi connectivity index (χ4v) is 6.10. The maximum atomic E-state index is 6.34. The van der Waals surface area contributed by atoms with Crippen molar-refractivity contribution < 1.29 is 4.42 Å². The second-order valence-electron chi connectivity index (χ2n) is 11.1. The highest BCUT2D eigenvalue weighted by Crippen LogP contribution is 2.38. The molecule has 0 saturated heterocycles. The molecule has 45 heavy (non-hydrogen) atoms. The molecule has 6 aromatic carbocycles. The van der Waals surface area contributed by atoms with Gasteiger partial charge in [-0.15, -0.1) is 0 Å². The Balaban J connectivity index is 1.21. The molecule has 0 spiro atoms. The Hall–Kier alpha value is -6.20. The van der Waals surface area contributed by atoms with Crippen LogP contribution < -0.4 is 0 Å². The van der Waals surface area contributed by atoms with Crippen molar-refractivity contribution >= 4 is 43.6 Å². The zero-order chi connectivity index (χ0) is 29.7. The van der Waals surface area contributed by atoms with Crippen LogP contribution in [0.15, 0.2) is 150 Å². The van der Waals surface area contributed by atoms with Crippen molar-refractivity contribution in [1.29, 1.82) is 0 Å². The molecule has 0 atom stereocenters. The van der Waals surface area contributed by atoms with Crippen molar-refractivity contribution in [3.8, 4) is 45.3 Å². The summed E-state index contributed by atoms with van der Waals surface area (Å²) in [6.07, 6.45) is 1.81. The Labute approximate surface area is 258 Å². The predicted octanol–water partition coefficient (Wildman–Crippen LogP) is 10.1. The lowest BCUT2D eigenvalue weighted by Crippen LogP contribution is -2.00. The quantitative estimate of drug-likeness (QED) is 0.209. The van der Waals surface area contributed by atoms with Gasteiger partial charge in [-0.2, -0.15) is 0 Å². The number of rotatable bonds is 4. The van der Waals surface area contributed by atoms with E-state index in [0.29, 0.717) is 17.5 Å². The van der Waals surface area contributed by atoms with Crippen LogP contribution in [-0.2, 0) is 0 Å². The Morgan fingerprint density at radius 1 is 0.422 bits per heavy atom. The van der Waals surface area contributed by atoms with Crippen molar-refractivity contribution in [2.75, 3.05) is 0 Å². The molecule has 9 rings (SSSR count). The van der Waals surface area contributed by atoms with E-state index < -0.39 is 0 Å². The third-order valence-electron chi connectivity index (χ3n) is 8.35. The molecule has 0 fully saturated rings. The molecule has 0 aliphatic rings. The fraction of sp³-hybridized carbons (Fsp3) is 0. The van der Waals surface area contributed by atoms with Crippen molar-refractivity contribution in [3.63, 3.8) is 0 Å². The number of benzene rings is 6. The van der Waals surface area contributed by atoms with Gasteiger partial charge in [0, 0.05) is 39.0 Å². The van der Waals surface area contributed by atoms with Crippen LogP contribution in [0.3, 0.4) is 0 Å². The second-order valence-corrected chi connectivity index (χ2v) is 11.1. The van der Waals surface area contributed by atoms with E-state index >= 15 is 0 Å². The Bertz CT molecular complexity index is 2540. The lowest BCUT2D eigenvalue weighted by molar-refractivity contribution is 0.669. The maximum absolute atomic E-state index is 6.34. The number of aromatic nitrogens is 4. The van der Waals surface area contributed by atoms with Gasteiger partial charge in [-0.1, -0.05) is 109 Å². The monoisotopic (exact) mass is 576 g/mol. The summed E-state index contributed by atoms with van der Waals surface area (Å²) >= 11 is 0. The number of pyridine rings is 1. The minimum atomic E-state index is 0.590. The summed E-state index contributed by atoms with van der Waals surface area (Å²) in [5, 5.41) is 5.43. The first-order valence-corrected chi connectivity index (χ1v) is 14.9. The molecule has 5 heteroatoms. The molecule has 0 radical (unpaired) electrons. The van der Waals surface area contributed by atoms with Gasteiger partial charge in [-0.3, -0.25) is 4.98 Å². The average Bonchev–Trinajstić information content (AvgIpc) is 3.48. The van der Waals surface area contributed by atoms with Gasteiger partial charge in [0.1, 0.15) is 11.2 Å². The first-order valence-electron chi connectivity index (χ1n) is 14.9. The summed E-state index contributed by atoms with van der Waals surface area (Å²) in [6.45, 7) is 0. The maximum Gasteiger partial charge on any atom is 0.164 e. The zero-order valence-corrected chi connectivity index (χ0v) is 24.1. The van der Waals surface area contributed by atoms with E-state index in [0.717, 1.165) is 55.1 Å². The van der Waals surface area contributed by atoms with E-state index in [1.165, 1.54) is 16.3 Å². The van der Waals surface area contributed by atoms with Crippen LogP contribution in [0, 0.1) is 0 Å². The summed E-state index contributed by atoms with van der Waals surface area (Å²) in [5.41, 5.74) is 7.53. The molecule has 3 aromatic heterocycles. The standard InChI is InChI=1S/C40H24N4O/c1-2-9-27(10-3-1)38-42-39(28-18-15-26(16-19-28)30-20-17-25-8-4-5-11-29(25)22-30)44-40(43-38)32-13-6-14-35-37(32)33-24-34-31(12-7-21-41-34)23-36(33)45-35/h1-24H. The van der Waals surface area contributed by atoms with Gasteiger partial charge in [0.15, 0.2) is 17.5 Å². The molecule has 0 saturated carbocycles. The van der Waals surface area contributed by atoms with Gasteiger partial charge in [0.2, 0.25) is 0 Å². The third-order valence-corrected chi connectivity index (χ3v) is 8.35. The number of hydrogen-bond donors (Lipinski definition) is 0. The molecule has 5 nitrogen and oxygen atoms in total. The Morgan fingerprint density at radius 3 is 1.96 bits per heavy atom. The van der Waals surface area contributed by atoms with Gasteiger partial charge in [0.05, 0.1) is 5.52 Å². The molecule has 0 aliphatic heterocycles. The van der Waals surface area contributed by atoms with Crippen LogP contribution in [0.5, 0.6) is 0 Å². The van der Waals surface area contributed by atoms with Crippen molar-refractivity contribution in [1.82, 2.24) is 19.9 Å². The normalized spacial score (nSPS) is 11.6. The van der Waals surface area contributed by atoms with Crippen molar-refractivity contribution in [2.45, 2.75) is 0 Å². The molecule has 0 aliphatic carbocycles. The molecule has 3 heterocycles. The van der Waals surface area contributed by atoms with Gasteiger partial charge in [-0.05, 0) is 52.2 Å². The second kappa shape index (κ2) is 10.2. The van der Waals surface area contributed by atoms with E-state index in [1.807, 2.05) is 66.9 Å². The van der Waals surface area contributed by atoms with Crippen molar-refractivity contribution in [2.24, 2.45) is 0 Å². The smallest absolute Gasteiger partial charge is 0.164 e. The molecule has 9 aromatic rings. The number of hydrogen-bond acceptors (Lipinski definition) is 5. The zero-order valence-electron chi connectivity index (χ0n) is 24.1. The number of nitrogens with zero attached hydrogens (tertiary/aromatic N) is 4. The van der Waals surface area contributed by atoms with Crippen LogP contribution >= 0.6 is 0 Å². The fourth-order valence-electron chi connectivity index (χ4n) is 6.10. The van der Waals surface area contributed by atoms with Crippen LogP contribution in [0.2, 0.25) is 0 Å². The highest BCUT2D eigenvalue weighted by molar-refractivity contribution is 6.14. The van der Waals surface area contributed by atoms with Crippen LogP contribution in [-0.4, -0.2) is 19.9 Å². The average molecular weight is 577 g/mol. The first-order chi connectivity index (χ1) is 22.3. The van der Waals surface area contributed by atoms with Crippen LogP contribution in [0.4, 0.5) is 0 Å². The number of furan rings is 1. The van der Waals surface area contributed by atoms with E-state index in [1.54, 1.807) is 0 Å². The molecule has 0 N–H and O–H groups in total. The molecular weight excluding hydrogens is 552 g/mol. The summed E-state index contributed by atoms with van der Waals surface area (Å²) < 4.78 is 6.34. The van der Waals surface area contributed by atoms with Crippen LogP contribution in [0.25, 0.3) is 88.9 Å². The lowest BCUT2D eigenvalue weighted by Gasteiger charge is -2.10. The van der Waals surface area contributed by atoms with Gasteiger partial charge in [0.25, 0.3) is 0 Å². The summed E-state index contributed by atoms with van der Waals surface area (Å²) in [7, 11) is 0. The van der Waals surface area contributed by atoms with E-state index in [-0.39, 0.29) is 0 Å². The van der Waals surface area contributed by atoms with E-state index in [2.05, 4.69) is 83.8 Å². The predicted molar refractivity (Wildman–Crippen MR) is 182 cm³/mol. The summed E-state index contributed by atoms with van der Waals surface area (Å²) in [5.74, 6) is 1.82. The minimum Gasteiger partial charge on any atom is -0.456 e. The molecular formula is C40H24N4O. The highest BCUT2D eigenvalue weighted by Gasteiger charge is 2.18. The summed E-state index contributed by atoms with van der Waals surface area (Å²) in [4.78, 5) is 19.6. The SMILES string of the molecule is c1ccc(-c2nc(-c3ccc(-c4ccc5ccccc5c4)cc3)nc(-c3cccc4oc5cc6cccnc6cc5c34)n2)cc1. The van der Waals surface area contributed by atoms with E-state index in [9.17, 15) is 0 Å². The van der Waals surface area contributed by atoms with Crippen LogP contribution in [0.1, 0.15) is 0 Å². The first kappa shape index (κ1) is 25.3. The molecule has 0 bridgehead atoms. The molecule has 210 valence electrons. The molecule has 0 amide bonds. The molecule has 0 unspecified atom stereocenters. The largest absolute Gasteiger partial charge is 0.456 e. The number of fused-ring (bicyclic) bond motifs is 5. The minimum absolute atomic E-state index is 0.590. The highest BCUT2D eigenvalue weighted by atomic mass is 16.3. The summed E-state index contributed by atoms with van der Waals surface area (Å²) in [6, 6.07) is 47.6. The third kappa shape index (κ3) is 4.41. The lowest BCUT2D eigenvalue weighted by atomic mass is 10.00.